The van der Waals surface area contributed by atoms with Gasteiger partial charge in [0.2, 0.25) is 0 Å². The standard InChI is InChI=1S/C12H16ClNO2S/c1-14(9-4-2-3-5-10(9)15)12(16)11-8(13)6-7-17-11/h6-7,9-10,15H,2-5H2,1H3. The molecule has 1 fully saturated rings. The predicted octanol–water partition coefficient (Wildman–Crippen LogP) is 2.78. The highest BCUT2D eigenvalue weighted by molar-refractivity contribution is 7.12. The van der Waals surface area contributed by atoms with Crippen LogP contribution in [0.5, 0.6) is 0 Å². The normalized spacial score (nSPS) is 24.6. The molecule has 0 aliphatic heterocycles. The van der Waals surface area contributed by atoms with Crippen LogP contribution in [0.4, 0.5) is 0 Å². The minimum absolute atomic E-state index is 0.0746. The molecule has 0 radical (unpaired) electrons. The fraction of sp³-hybridized carbons (Fsp3) is 0.583. The van der Waals surface area contributed by atoms with Crippen molar-refractivity contribution in [3.63, 3.8) is 0 Å². The second-order valence-corrected chi connectivity index (χ2v) is 5.76. The number of amides is 1. The van der Waals surface area contributed by atoms with Crippen molar-refractivity contribution < 1.29 is 9.90 Å². The van der Waals surface area contributed by atoms with E-state index in [1.54, 1.807) is 23.4 Å². The highest BCUT2D eigenvalue weighted by Crippen LogP contribution is 2.27. The van der Waals surface area contributed by atoms with Crippen molar-refractivity contribution in [1.82, 2.24) is 4.90 Å². The Morgan fingerprint density at radius 2 is 2.24 bits per heavy atom. The zero-order chi connectivity index (χ0) is 12.4. The topological polar surface area (TPSA) is 40.5 Å². The van der Waals surface area contributed by atoms with E-state index in [-0.39, 0.29) is 11.9 Å². The van der Waals surface area contributed by atoms with E-state index in [1.165, 1.54) is 11.3 Å². The molecule has 0 aromatic carbocycles. The van der Waals surface area contributed by atoms with Crippen molar-refractivity contribution in [2.24, 2.45) is 0 Å². The number of aliphatic hydroxyl groups excluding tert-OH is 1. The molecule has 1 amide bonds. The Bertz CT molecular complexity index is 407. The molecule has 1 saturated carbocycles. The van der Waals surface area contributed by atoms with Crippen LogP contribution in [0.2, 0.25) is 5.02 Å². The zero-order valence-electron chi connectivity index (χ0n) is 9.73. The van der Waals surface area contributed by atoms with Gasteiger partial charge in [-0.15, -0.1) is 11.3 Å². The molecular weight excluding hydrogens is 258 g/mol. The van der Waals surface area contributed by atoms with Crippen molar-refractivity contribution >= 4 is 28.8 Å². The maximum atomic E-state index is 12.2. The zero-order valence-corrected chi connectivity index (χ0v) is 11.3. The number of rotatable bonds is 2. The number of hydrogen-bond acceptors (Lipinski definition) is 3. The number of carbonyl (C=O) groups is 1. The van der Waals surface area contributed by atoms with Crippen LogP contribution in [0.15, 0.2) is 11.4 Å². The summed E-state index contributed by atoms with van der Waals surface area (Å²) in [5.74, 6) is -0.0871. The second-order valence-electron chi connectivity index (χ2n) is 4.43. The summed E-state index contributed by atoms with van der Waals surface area (Å²) in [7, 11) is 1.75. The lowest BCUT2D eigenvalue weighted by Gasteiger charge is -2.35. The molecule has 5 heteroatoms. The average molecular weight is 274 g/mol. The van der Waals surface area contributed by atoms with Gasteiger partial charge < -0.3 is 10.0 Å². The monoisotopic (exact) mass is 273 g/mol. The van der Waals surface area contributed by atoms with Gasteiger partial charge in [0.1, 0.15) is 4.88 Å². The number of likely N-dealkylation sites (N-methyl/N-ethyl adjacent to an activating group) is 1. The lowest BCUT2D eigenvalue weighted by Crippen LogP contribution is -2.46. The molecule has 2 atom stereocenters. The molecule has 1 N–H and O–H groups in total. The minimum Gasteiger partial charge on any atom is -0.391 e. The lowest BCUT2D eigenvalue weighted by molar-refractivity contribution is 0.0271. The molecule has 17 heavy (non-hydrogen) atoms. The number of halogens is 1. The Balaban J connectivity index is 2.11. The van der Waals surface area contributed by atoms with E-state index < -0.39 is 6.10 Å². The van der Waals surface area contributed by atoms with Gasteiger partial charge in [0.05, 0.1) is 17.2 Å². The SMILES string of the molecule is CN(C(=O)c1sccc1Cl)C1CCCCC1O. The van der Waals surface area contributed by atoms with Crippen LogP contribution in [0.3, 0.4) is 0 Å². The van der Waals surface area contributed by atoms with E-state index in [9.17, 15) is 9.90 Å². The molecule has 1 heterocycles. The molecule has 0 spiro atoms. The molecule has 1 aliphatic rings. The van der Waals surface area contributed by atoms with Crippen molar-refractivity contribution in [2.45, 2.75) is 37.8 Å². The fourth-order valence-corrected chi connectivity index (χ4v) is 3.42. The molecule has 0 saturated heterocycles. The summed E-state index contributed by atoms with van der Waals surface area (Å²) in [6.07, 6.45) is 3.35. The molecule has 94 valence electrons. The van der Waals surface area contributed by atoms with Gasteiger partial charge in [-0.05, 0) is 24.3 Å². The summed E-state index contributed by atoms with van der Waals surface area (Å²) in [6, 6.07) is 1.65. The number of nitrogens with zero attached hydrogens (tertiary/aromatic N) is 1. The Hall–Kier alpha value is -0.580. The van der Waals surface area contributed by atoms with Crippen LogP contribution in [0, 0.1) is 0 Å². The summed E-state index contributed by atoms with van der Waals surface area (Å²) in [6.45, 7) is 0. The first-order valence-electron chi connectivity index (χ1n) is 5.79. The molecule has 1 aliphatic carbocycles. The van der Waals surface area contributed by atoms with Crippen molar-refractivity contribution in [3.8, 4) is 0 Å². The molecule has 3 nitrogen and oxygen atoms in total. The fourth-order valence-electron chi connectivity index (χ4n) is 2.30. The Morgan fingerprint density at radius 3 is 2.82 bits per heavy atom. The van der Waals surface area contributed by atoms with Crippen LogP contribution < -0.4 is 0 Å². The highest BCUT2D eigenvalue weighted by Gasteiger charge is 2.30. The number of carbonyl (C=O) groups excluding carboxylic acids is 1. The third-order valence-electron chi connectivity index (χ3n) is 3.32. The van der Waals surface area contributed by atoms with Gasteiger partial charge in [0.15, 0.2) is 0 Å². The molecular formula is C12H16ClNO2S. The smallest absolute Gasteiger partial charge is 0.265 e. The van der Waals surface area contributed by atoms with Gasteiger partial charge in [0, 0.05) is 7.05 Å². The summed E-state index contributed by atoms with van der Waals surface area (Å²) in [5.41, 5.74) is 0. The third kappa shape index (κ3) is 2.64. The molecule has 1 aromatic heterocycles. The van der Waals surface area contributed by atoms with Crippen LogP contribution in [0.25, 0.3) is 0 Å². The van der Waals surface area contributed by atoms with E-state index in [0.29, 0.717) is 9.90 Å². The second kappa shape index (κ2) is 5.38. The molecule has 2 rings (SSSR count). The van der Waals surface area contributed by atoms with Gasteiger partial charge in [-0.2, -0.15) is 0 Å². The van der Waals surface area contributed by atoms with Crippen LogP contribution in [0.1, 0.15) is 35.4 Å². The van der Waals surface area contributed by atoms with Crippen molar-refractivity contribution in [2.75, 3.05) is 7.05 Å². The third-order valence-corrected chi connectivity index (χ3v) is 4.65. The summed E-state index contributed by atoms with van der Waals surface area (Å²) in [4.78, 5) is 14.4. The summed E-state index contributed by atoms with van der Waals surface area (Å²) < 4.78 is 0. The van der Waals surface area contributed by atoms with Crippen molar-refractivity contribution in [3.05, 3.63) is 21.3 Å². The first kappa shape index (κ1) is 12.9. The van der Waals surface area contributed by atoms with E-state index >= 15 is 0 Å². The lowest BCUT2D eigenvalue weighted by atomic mass is 9.91. The minimum atomic E-state index is -0.406. The number of hydrogen-bond donors (Lipinski definition) is 1. The highest BCUT2D eigenvalue weighted by atomic mass is 35.5. The van der Waals surface area contributed by atoms with Crippen LogP contribution in [-0.4, -0.2) is 35.1 Å². The number of thiophene rings is 1. The molecule has 2 unspecified atom stereocenters. The Kier molecular flexibility index (Phi) is 4.07. The summed E-state index contributed by atoms with van der Waals surface area (Å²) >= 11 is 7.30. The Labute approximate surface area is 110 Å². The van der Waals surface area contributed by atoms with Crippen LogP contribution in [-0.2, 0) is 0 Å². The molecule has 1 aromatic rings. The van der Waals surface area contributed by atoms with E-state index in [2.05, 4.69) is 0 Å². The van der Waals surface area contributed by atoms with E-state index in [0.717, 1.165) is 25.7 Å². The first-order valence-corrected chi connectivity index (χ1v) is 7.05. The summed E-state index contributed by atoms with van der Waals surface area (Å²) in [5, 5.41) is 12.2. The van der Waals surface area contributed by atoms with Crippen LogP contribution >= 0.6 is 22.9 Å². The van der Waals surface area contributed by atoms with Gasteiger partial charge in [-0.25, -0.2) is 0 Å². The van der Waals surface area contributed by atoms with Gasteiger partial charge in [0.25, 0.3) is 5.91 Å². The maximum absolute atomic E-state index is 12.2. The first-order chi connectivity index (χ1) is 8.11. The largest absolute Gasteiger partial charge is 0.391 e. The van der Waals surface area contributed by atoms with E-state index in [4.69, 9.17) is 11.6 Å². The molecule has 0 bridgehead atoms. The van der Waals surface area contributed by atoms with Gasteiger partial charge >= 0.3 is 0 Å². The van der Waals surface area contributed by atoms with Gasteiger partial charge in [-0.1, -0.05) is 24.4 Å². The average Bonchev–Trinajstić information content (AvgIpc) is 2.74. The number of aliphatic hydroxyl groups is 1. The van der Waals surface area contributed by atoms with Crippen molar-refractivity contribution in [1.29, 1.82) is 0 Å². The van der Waals surface area contributed by atoms with E-state index in [1.807, 2.05) is 0 Å². The quantitative estimate of drug-likeness (QED) is 0.900. The predicted molar refractivity (Wildman–Crippen MR) is 69.7 cm³/mol. The van der Waals surface area contributed by atoms with Gasteiger partial charge in [-0.3, -0.25) is 4.79 Å². The Morgan fingerprint density at radius 1 is 1.53 bits per heavy atom. The maximum Gasteiger partial charge on any atom is 0.265 e.